The largest absolute Gasteiger partial charge is 0.498 e. The second kappa shape index (κ2) is 5.47. The molecule has 0 saturated carbocycles. The Bertz CT molecular complexity index is 621. The smallest absolute Gasteiger partial charge is 0.258 e. The average molecular weight is 307 g/mol. The van der Waals surface area contributed by atoms with Gasteiger partial charge < -0.3 is 9.90 Å². The number of halogens is 1. The molecule has 0 bridgehead atoms. The minimum absolute atomic E-state index is 0.0352. The highest BCUT2D eigenvalue weighted by atomic mass is 19.1. The van der Waals surface area contributed by atoms with Gasteiger partial charge in [0, 0.05) is 5.56 Å². The molecular weight excluding hydrogens is 285 g/mol. The first-order chi connectivity index (χ1) is 10.1. The zero-order chi connectivity index (χ0) is 16.7. The van der Waals surface area contributed by atoms with Crippen LogP contribution < -0.4 is 5.11 Å². The number of carbonyl (C=O) groups excluding carboxylic acids is 2. The van der Waals surface area contributed by atoms with E-state index in [9.17, 15) is 19.1 Å². The standard InChI is InChI=1S/C17H22FNO3/c1-11-9-12(18)5-6-14(11)15-10-13(20)7-8-19(15,16(21)22)17(2,3)4/h5-6,9,15H,7-8,10H2,1-4H3/t15-,19?/m1/s1. The van der Waals surface area contributed by atoms with Gasteiger partial charge >= 0.3 is 0 Å². The monoisotopic (exact) mass is 307 g/mol. The minimum Gasteiger partial charge on any atom is -0.498 e. The molecule has 0 spiro atoms. The first-order valence-electron chi connectivity index (χ1n) is 7.47. The van der Waals surface area contributed by atoms with Crippen molar-refractivity contribution in [3.8, 4) is 0 Å². The zero-order valence-corrected chi connectivity index (χ0v) is 13.5. The Hall–Kier alpha value is -1.75. The molecule has 5 heteroatoms. The van der Waals surface area contributed by atoms with E-state index in [1.54, 1.807) is 13.0 Å². The molecule has 2 rings (SSSR count). The number of ketones is 1. The summed E-state index contributed by atoms with van der Waals surface area (Å²) in [6.45, 7) is 7.45. The number of carboxylic acid groups (broad SMARTS) is 1. The van der Waals surface area contributed by atoms with Gasteiger partial charge in [0.15, 0.2) is 0 Å². The van der Waals surface area contributed by atoms with E-state index in [4.69, 9.17) is 0 Å². The molecule has 120 valence electrons. The second-order valence-corrected chi connectivity index (χ2v) is 7.04. The summed E-state index contributed by atoms with van der Waals surface area (Å²) < 4.78 is 13.1. The van der Waals surface area contributed by atoms with Crippen molar-refractivity contribution < 1.29 is 23.6 Å². The van der Waals surface area contributed by atoms with Crippen LogP contribution in [0.25, 0.3) is 0 Å². The van der Waals surface area contributed by atoms with Crippen LogP contribution in [0.15, 0.2) is 18.2 Å². The average Bonchev–Trinajstić information content (AvgIpc) is 2.36. The number of piperidine rings is 1. The fraction of sp³-hybridized carbons (Fsp3) is 0.529. The van der Waals surface area contributed by atoms with Gasteiger partial charge in [0.1, 0.15) is 17.6 Å². The van der Waals surface area contributed by atoms with Crippen molar-refractivity contribution in [1.29, 1.82) is 0 Å². The van der Waals surface area contributed by atoms with Crippen LogP contribution in [0.1, 0.15) is 50.8 Å². The molecule has 0 aliphatic carbocycles. The molecule has 0 radical (unpaired) electrons. The van der Waals surface area contributed by atoms with Crippen LogP contribution in [-0.4, -0.2) is 28.4 Å². The highest BCUT2D eigenvalue weighted by molar-refractivity contribution is 5.80. The summed E-state index contributed by atoms with van der Waals surface area (Å²) >= 11 is 0. The van der Waals surface area contributed by atoms with Crippen molar-refractivity contribution in [2.45, 2.75) is 52.1 Å². The predicted molar refractivity (Wildman–Crippen MR) is 78.4 cm³/mol. The Balaban J connectivity index is 2.65. The molecular formula is C17H22FNO3. The summed E-state index contributed by atoms with van der Waals surface area (Å²) in [7, 11) is 0. The molecule has 1 fully saturated rings. The molecule has 1 amide bonds. The van der Waals surface area contributed by atoms with Gasteiger partial charge in [0.2, 0.25) is 0 Å². The third-order valence-electron chi connectivity index (χ3n) is 4.81. The number of quaternary nitrogens is 1. The van der Waals surface area contributed by atoms with E-state index >= 15 is 0 Å². The lowest BCUT2D eigenvalue weighted by molar-refractivity contribution is -0.948. The van der Waals surface area contributed by atoms with Gasteiger partial charge in [-0.05, 0) is 51.5 Å². The molecule has 2 atom stereocenters. The number of rotatable bonds is 1. The van der Waals surface area contributed by atoms with E-state index in [-0.39, 0.29) is 35.5 Å². The van der Waals surface area contributed by atoms with E-state index in [2.05, 4.69) is 0 Å². The molecule has 1 saturated heterocycles. The molecule has 0 aromatic heterocycles. The van der Waals surface area contributed by atoms with Gasteiger partial charge in [-0.1, -0.05) is 0 Å². The van der Waals surface area contributed by atoms with Gasteiger partial charge in [-0.3, -0.25) is 9.28 Å². The molecule has 1 aromatic carbocycles. The molecule has 1 aromatic rings. The number of aryl methyl sites for hydroxylation is 1. The fourth-order valence-electron chi connectivity index (χ4n) is 3.59. The number of hydrogen-bond donors (Lipinski definition) is 0. The van der Waals surface area contributed by atoms with Crippen molar-refractivity contribution in [3.05, 3.63) is 35.1 Å². The zero-order valence-electron chi connectivity index (χ0n) is 13.5. The summed E-state index contributed by atoms with van der Waals surface area (Å²) in [6.07, 6.45) is -0.826. The lowest BCUT2D eigenvalue weighted by Crippen LogP contribution is -2.71. The molecule has 0 N–H and O–H groups in total. The maximum atomic E-state index is 13.4. The Kier molecular flexibility index (Phi) is 4.13. The van der Waals surface area contributed by atoms with Gasteiger partial charge in [0.05, 0.1) is 24.9 Å². The van der Waals surface area contributed by atoms with Crippen LogP contribution in [0.5, 0.6) is 0 Å². The Labute approximate surface area is 130 Å². The van der Waals surface area contributed by atoms with Crippen LogP contribution in [0.2, 0.25) is 0 Å². The van der Waals surface area contributed by atoms with Gasteiger partial charge in [0.25, 0.3) is 6.09 Å². The molecule has 4 nitrogen and oxygen atoms in total. The van der Waals surface area contributed by atoms with Crippen molar-refractivity contribution in [1.82, 2.24) is 0 Å². The summed E-state index contributed by atoms with van der Waals surface area (Å²) in [6, 6.07) is 3.73. The Morgan fingerprint density at radius 3 is 2.50 bits per heavy atom. The highest BCUT2D eigenvalue weighted by Gasteiger charge is 2.52. The van der Waals surface area contributed by atoms with E-state index in [1.807, 2.05) is 20.8 Å². The van der Waals surface area contributed by atoms with Crippen LogP contribution in [0, 0.1) is 12.7 Å². The second-order valence-electron chi connectivity index (χ2n) is 7.04. The fourth-order valence-corrected chi connectivity index (χ4v) is 3.59. The number of carbonyl (C=O) groups is 2. The van der Waals surface area contributed by atoms with Gasteiger partial charge in [-0.15, -0.1) is 0 Å². The number of benzene rings is 1. The van der Waals surface area contributed by atoms with Crippen molar-refractivity contribution in [3.63, 3.8) is 0 Å². The van der Waals surface area contributed by atoms with Crippen LogP contribution >= 0.6 is 0 Å². The topological polar surface area (TPSA) is 57.2 Å². The maximum Gasteiger partial charge on any atom is 0.258 e. The van der Waals surface area contributed by atoms with E-state index in [0.29, 0.717) is 11.1 Å². The third-order valence-corrected chi connectivity index (χ3v) is 4.81. The third kappa shape index (κ3) is 2.54. The SMILES string of the molecule is Cc1cc(F)ccc1[C@H]1CC(=O)CC[N+]1(C(=O)[O-])C(C)(C)C. The number of Topliss-reactive ketones (excluding diaryl/α,β-unsaturated/α-hetero) is 1. The van der Waals surface area contributed by atoms with Crippen molar-refractivity contribution in [2.24, 2.45) is 0 Å². The quantitative estimate of drug-likeness (QED) is 0.749. The number of amides is 1. The molecule has 1 aliphatic rings. The first-order valence-corrected chi connectivity index (χ1v) is 7.47. The summed E-state index contributed by atoms with van der Waals surface area (Å²) in [5, 5.41) is 12.1. The normalized spacial score (nSPS) is 26.0. The van der Waals surface area contributed by atoms with Gasteiger partial charge in [-0.25, -0.2) is 4.39 Å². The Morgan fingerprint density at radius 2 is 2.00 bits per heavy atom. The minimum atomic E-state index is -1.19. The van der Waals surface area contributed by atoms with Crippen molar-refractivity contribution in [2.75, 3.05) is 6.54 Å². The first kappa shape index (κ1) is 16.6. The Morgan fingerprint density at radius 1 is 1.36 bits per heavy atom. The van der Waals surface area contributed by atoms with Crippen molar-refractivity contribution >= 4 is 11.9 Å². The number of hydrogen-bond acceptors (Lipinski definition) is 3. The number of likely N-dealkylation sites (tertiary alicyclic amines) is 1. The molecule has 1 aliphatic heterocycles. The van der Waals surface area contributed by atoms with E-state index in [0.717, 1.165) is 0 Å². The van der Waals surface area contributed by atoms with E-state index < -0.39 is 17.7 Å². The molecule has 1 heterocycles. The molecule has 1 unspecified atom stereocenters. The van der Waals surface area contributed by atoms with Crippen LogP contribution in [0.3, 0.4) is 0 Å². The maximum absolute atomic E-state index is 13.4. The predicted octanol–water partition coefficient (Wildman–Crippen LogP) is 2.50. The van der Waals surface area contributed by atoms with Crippen LogP contribution in [-0.2, 0) is 4.79 Å². The number of nitrogens with zero attached hydrogens (tertiary/aromatic N) is 1. The molecule has 22 heavy (non-hydrogen) atoms. The summed E-state index contributed by atoms with van der Waals surface area (Å²) in [5.74, 6) is -0.335. The lowest BCUT2D eigenvalue weighted by Gasteiger charge is -2.54. The van der Waals surface area contributed by atoms with Crippen LogP contribution in [0.4, 0.5) is 9.18 Å². The summed E-state index contributed by atoms with van der Waals surface area (Å²) in [4.78, 5) is 24.0. The summed E-state index contributed by atoms with van der Waals surface area (Å²) in [5.41, 5.74) is 0.728. The lowest BCUT2D eigenvalue weighted by atomic mass is 9.84. The van der Waals surface area contributed by atoms with E-state index in [1.165, 1.54) is 12.1 Å². The van der Waals surface area contributed by atoms with Gasteiger partial charge in [-0.2, -0.15) is 0 Å². The highest BCUT2D eigenvalue weighted by Crippen LogP contribution is 2.43.